The summed E-state index contributed by atoms with van der Waals surface area (Å²) in [4.78, 5) is 185. The fourth-order valence-corrected chi connectivity index (χ4v) is 24.3. The Morgan fingerprint density at radius 3 is 1.11 bits per heavy atom. The van der Waals surface area contributed by atoms with E-state index in [0.29, 0.717) is 88.1 Å². The molecule has 2 fully saturated rings. The Balaban J connectivity index is 0.00000255. The number of ketones is 6. The van der Waals surface area contributed by atoms with Gasteiger partial charge in [0.1, 0.15) is 34.5 Å². The Morgan fingerprint density at radius 2 is 0.818 bits per heavy atom. The van der Waals surface area contributed by atoms with Crippen molar-refractivity contribution in [2.24, 2.45) is 71.0 Å². The largest absolute Gasteiger partial charge is 0.469 e. The molecule has 33 heteroatoms. The summed E-state index contributed by atoms with van der Waals surface area (Å²) in [5.41, 5.74) is 3.04. The molecular weight excluding hydrogens is 2080 g/mol. The Hall–Kier alpha value is -4.95. The van der Waals surface area contributed by atoms with Crippen LogP contribution in [0.25, 0.3) is 0 Å². The quantitative estimate of drug-likeness (QED) is 0.00754. The van der Waals surface area contributed by atoms with Gasteiger partial charge in [0.2, 0.25) is 29.5 Å². The minimum absolute atomic E-state index is 0. The molecule has 5 amide bonds. The number of esters is 1. The van der Waals surface area contributed by atoms with Gasteiger partial charge in [-0.3, -0.25) is 67.4 Å². The summed E-state index contributed by atoms with van der Waals surface area (Å²) in [6, 6.07) is 18.6. The number of benzene rings is 2. The molecule has 0 saturated carbocycles. The molecule has 2 aliphatic rings. The van der Waals surface area contributed by atoms with Crippen LogP contribution < -0.4 is 0 Å². The number of likely N-dealkylation sites (tertiary alicyclic amines) is 2. The van der Waals surface area contributed by atoms with Gasteiger partial charge >= 0.3 is 5.97 Å². The molecule has 2 aromatic carbocycles. The van der Waals surface area contributed by atoms with Gasteiger partial charge in [0.25, 0.3) is 0 Å². The molecule has 143 heavy (non-hydrogen) atoms. The number of halogens is 1. The number of Topliss-reactive ketones (excluding diaryl/α,β-unsaturated/α-hetero) is 6. The van der Waals surface area contributed by atoms with E-state index in [1.165, 1.54) is 29.8 Å². The molecule has 2 saturated heterocycles. The second-order valence-corrected chi connectivity index (χ2v) is 46.1. The van der Waals surface area contributed by atoms with Crippen molar-refractivity contribution >= 4 is 159 Å². The van der Waals surface area contributed by atoms with Gasteiger partial charge in [-0.15, -0.1) is 22.7 Å². The summed E-state index contributed by atoms with van der Waals surface area (Å²) in [6.07, 6.45) is 7.46. The number of hydrogen-bond donors (Lipinski definition) is 0. The van der Waals surface area contributed by atoms with Crippen molar-refractivity contribution in [2.75, 3.05) is 107 Å². The summed E-state index contributed by atoms with van der Waals surface area (Å²) in [5, 5.41) is 5.16. The van der Waals surface area contributed by atoms with Crippen molar-refractivity contribution in [2.45, 2.75) is 335 Å². The second kappa shape index (κ2) is 74.9. The molecule has 4 aromatic rings. The third-order valence-electron chi connectivity index (χ3n) is 27.9. The number of rotatable bonds is 62. The van der Waals surface area contributed by atoms with Crippen molar-refractivity contribution < 1.29 is 99.8 Å². The van der Waals surface area contributed by atoms with Gasteiger partial charge in [-0.1, -0.05) is 263 Å². The van der Waals surface area contributed by atoms with Crippen LogP contribution >= 0.6 is 88.4 Å². The van der Waals surface area contributed by atoms with E-state index in [0.717, 1.165) is 70.6 Å². The van der Waals surface area contributed by atoms with Crippen molar-refractivity contribution in [1.29, 1.82) is 0 Å². The molecule has 0 aliphatic carbocycles. The van der Waals surface area contributed by atoms with Crippen LogP contribution in [0.15, 0.2) is 71.4 Å². The van der Waals surface area contributed by atoms with Gasteiger partial charge in [0.05, 0.1) is 90.3 Å². The Bertz CT molecular complexity index is 4320. The predicted molar refractivity (Wildman–Crippen MR) is 599 cm³/mol. The van der Waals surface area contributed by atoms with Crippen LogP contribution in [0, 0.1) is 75.9 Å². The summed E-state index contributed by atoms with van der Waals surface area (Å²) in [6.45, 7) is 40.7. The first-order valence-electron chi connectivity index (χ1n) is 51.1. The molecular formula is C110H182IN8O17S6V-. The number of carbonyl (C=O) groups excluding carboxylic acids is 12. The maximum absolute atomic E-state index is 14.5. The molecule has 6 rings (SSSR count). The average molecular weight is 2260 g/mol. The number of aromatic nitrogens is 2. The first-order valence-corrected chi connectivity index (χ1v) is 59.3. The molecule has 1 radical (unpaired) electrons. The average Bonchev–Trinajstić information content (AvgIpc) is 1.77. The van der Waals surface area contributed by atoms with E-state index >= 15 is 0 Å². The Morgan fingerprint density at radius 1 is 0.469 bits per heavy atom. The number of likely N-dealkylation sites (N-methyl/N-ethyl adjacent to an activating group) is 2. The number of thiazole rings is 2. The fraction of sp³-hybridized carbons (Fsp3) is 0.718. The molecule has 25 nitrogen and oxygen atoms in total. The molecule has 18 atom stereocenters. The van der Waals surface area contributed by atoms with E-state index in [-0.39, 0.29) is 206 Å². The van der Waals surface area contributed by atoms with Crippen molar-refractivity contribution in [3.8, 4) is 0 Å². The summed E-state index contributed by atoms with van der Waals surface area (Å²) >= 11 is 4.76. The zero-order chi connectivity index (χ0) is 107. The van der Waals surface area contributed by atoms with Gasteiger partial charge in [-0.25, -0.2) is 9.97 Å². The molecule has 0 spiro atoms. The summed E-state index contributed by atoms with van der Waals surface area (Å²) in [7, 11) is 24.0. The number of carbonyl (C=O) groups is 12. The smallest absolute Gasteiger partial charge is 0.305 e. The zero-order valence-corrected chi connectivity index (χ0v) is 100.0. The predicted octanol–water partition coefficient (Wildman–Crippen LogP) is 23.2. The summed E-state index contributed by atoms with van der Waals surface area (Å²) in [5.74, 6) is 0.418. The van der Waals surface area contributed by atoms with Gasteiger partial charge in [0.15, 0.2) is 11.6 Å². The second-order valence-electron chi connectivity index (χ2n) is 39.2. The first kappa shape index (κ1) is 138. The zero-order valence-electron chi connectivity index (χ0n) is 91.5. The number of amides is 5. The first-order chi connectivity index (χ1) is 67.0. The summed E-state index contributed by atoms with van der Waals surface area (Å²) < 4.78 is 28.7. The number of hydrogen-bond acceptors (Lipinski definition) is 26. The van der Waals surface area contributed by atoms with E-state index in [2.05, 4.69) is 54.4 Å². The van der Waals surface area contributed by atoms with Gasteiger partial charge in [-0.05, 0) is 112 Å². The van der Waals surface area contributed by atoms with E-state index in [4.69, 9.17) is 28.9 Å². The monoisotopic (exact) mass is 2260 g/mol. The number of ether oxygens (including phenoxy) is 5. The standard InChI is InChI=1S/C52H82N4O8S3.C50H80N4O7S3.C4H8O2.C2H6.CH2I.CH4.V/c1-14-35(7)49(55(11)52(62)40(34(5)6)29-45(59)36(8)33(3)4)46(63-12)30-48(61)56-25-19-23-42(56)50(64-13)37(9)44(58)28-39(27-38-21-17-16-18-22-38)51-53-41(31-65-51)43(57)24-20-26-66-67-32-54(10)47(60)15-2;1-14-34(6)47(53(11)50(59)39(33(4)5)28-44(57)35(7)32(2)3)45(60-12)29-46(58)54-24-18-22-41(54)48(61-13)36(8)43(56)27-38(26-37-20-16-15-17-21-37)49-51-40(30-62-49)42(55)23-19-25-63-64-31-52(9)10;1-3-4(5)6-2;2*1-2;;/h16-18,21-22,31,33-37,39-40,42,46,49-50H,14-15,19-20,23-30,32H2,1-13H3;15-17,20-21,30,32-36,38-39,41,45,47-48H,14,18-19,22-29,31H2,1-13H3;3H2,1-2H3;1-2H3;1H2;1H4;/q;;;;-1;;. The normalized spacial score (nSPS) is 16.8. The number of methoxy groups -OCH3 is 5. The molecule has 0 bridgehead atoms. The van der Waals surface area contributed by atoms with Gasteiger partial charge in [0, 0.05) is 202 Å². The molecule has 0 N–H and O–H groups in total. The van der Waals surface area contributed by atoms with E-state index in [9.17, 15) is 57.5 Å². The van der Waals surface area contributed by atoms with Crippen LogP contribution in [-0.4, -0.2) is 265 Å². The van der Waals surface area contributed by atoms with Crippen LogP contribution in [0.3, 0.4) is 0 Å². The van der Waals surface area contributed by atoms with Crippen LogP contribution in [0.1, 0.15) is 315 Å². The van der Waals surface area contributed by atoms with Crippen LogP contribution in [-0.2, 0) is 103 Å². The van der Waals surface area contributed by atoms with E-state index in [1.807, 2.05) is 210 Å². The minimum Gasteiger partial charge on any atom is -0.469 e. The SMILES string of the molecule is C.CC.CCC(=O)N(C)CSSCCCC(=O)c1csc(C(CC(=O)C(C)C(OC)C2CCCN2C(=O)CC(OC)C(C(C)CC)N(C)C(=O)C(CC(=O)C(C)C(C)C)C(C)C)Cc2ccccc2)n1.CCC(=O)OC.CCC(C)C(C(CC(=O)N1CCCC1C(OC)C(C)C(=O)CC(Cc1ccccc1)c1nc(C(=O)CCCSSCN(C)C)cs1)OC)N(C)C(=O)C(CC(=O)C(C)C(C)C)C(C)C.[CH2-]I.[V]. The van der Waals surface area contributed by atoms with Crippen molar-refractivity contribution in [3.63, 3.8) is 0 Å². The molecule has 4 heterocycles. The van der Waals surface area contributed by atoms with Gasteiger partial charge in [-0.2, -0.15) is 0 Å². The van der Waals surface area contributed by atoms with E-state index in [1.54, 1.807) is 114 Å². The third kappa shape index (κ3) is 46.0. The Labute approximate surface area is 912 Å². The van der Waals surface area contributed by atoms with Crippen LogP contribution in [0.5, 0.6) is 0 Å². The topological polar surface area (TPSA) is 296 Å². The third-order valence-corrected chi connectivity index (χ3v) is 34.9. The molecule has 813 valence electrons. The fourth-order valence-electron chi connectivity index (χ4n) is 18.0. The van der Waals surface area contributed by atoms with Crippen LogP contribution in [0.4, 0.5) is 0 Å². The van der Waals surface area contributed by atoms with Crippen molar-refractivity contribution in [1.82, 2.24) is 39.4 Å². The van der Waals surface area contributed by atoms with E-state index < -0.39 is 60.2 Å². The number of nitrogens with zero attached hydrogens (tertiary/aromatic N) is 8. The molecule has 2 aliphatic heterocycles. The Kier molecular flexibility index (Phi) is 72.3. The molecule has 18 unspecified atom stereocenters. The molecule has 2 aromatic heterocycles. The van der Waals surface area contributed by atoms with Crippen molar-refractivity contribution in [3.05, 3.63) is 109 Å². The maximum Gasteiger partial charge on any atom is 0.305 e. The van der Waals surface area contributed by atoms with Crippen LogP contribution in [0.2, 0.25) is 0 Å². The minimum atomic E-state index is -0.599. The maximum atomic E-state index is 14.5. The van der Waals surface area contributed by atoms with Gasteiger partial charge < -0.3 is 70.8 Å².